The van der Waals surface area contributed by atoms with Crippen molar-refractivity contribution in [3.05, 3.63) is 0 Å². The predicted octanol–water partition coefficient (Wildman–Crippen LogP) is 15.5. The van der Waals surface area contributed by atoms with E-state index in [0.717, 1.165) is 98.5 Å². The Morgan fingerprint density at radius 3 is 0.986 bits per heavy atom. The lowest BCUT2D eigenvalue weighted by Gasteiger charge is -2.36. The van der Waals surface area contributed by atoms with Crippen molar-refractivity contribution < 1.29 is 19.1 Å². The molecule has 0 aliphatic heterocycles. The number of carbonyl (C=O) groups is 2. The van der Waals surface area contributed by atoms with E-state index in [-0.39, 0.29) is 23.8 Å². The van der Waals surface area contributed by atoms with Gasteiger partial charge in [0.15, 0.2) is 0 Å². The van der Waals surface area contributed by atoms with Crippen LogP contribution < -0.4 is 0 Å². The molecule has 0 radical (unpaired) electrons. The highest BCUT2D eigenvalue weighted by Crippen LogP contribution is 2.42. The smallest absolute Gasteiger partial charge is 0.308 e. The lowest BCUT2D eigenvalue weighted by molar-refractivity contribution is -0.150. The maximum Gasteiger partial charge on any atom is 0.308 e. The van der Waals surface area contributed by atoms with Crippen LogP contribution in [0.1, 0.15) is 207 Å². The summed E-state index contributed by atoms with van der Waals surface area (Å²) in [7, 11) is 17.4. The lowest BCUT2D eigenvalue weighted by atomic mass is 9.79. The second kappa shape index (κ2) is 44.9. The minimum atomic E-state index is 0.0808. The van der Waals surface area contributed by atoms with E-state index in [1.165, 1.54) is 153 Å². The normalized spacial score (nSPS) is 21.4. The van der Waals surface area contributed by atoms with Crippen molar-refractivity contribution in [2.45, 2.75) is 228 Å². The molecule has 2 saturated carbocycles. The van der Waals surface area contributed by atoms with Crippen LogP contribution in [0.15, 0.2) is 0 Å². The Kier molecular flexibility index (Phi) is 42.6. The van der Waals surface area contributed by atoms with Crippen LogP contribution in [0.5, 0.6) is 0 Å². The summed E-state index contributed by atoms with van der Waals surface area (Å²) in [5, 5.41) is 2.59. The van der Waals surface area contributed by atoms with Crippen LogP contribution >= 0.6 is 47.0 Å². The van der Waals surface area contributed by atoms with E-state index in [2.05, 4.69) is 151 Å². The van der Waals surface area contributed by atoms with Gasteiger partial charge in [-0.25, -0.2) is 0 Å². The number of rotatable bonds is 47. The highest BCUT2D eigenvalue weighted by Gasteiger charge is 2.37. The van der Waals surface area contributed by atoms with Gasteiger partial charge in [-0.15, -0.1) is 0 Å². The maximum atomic E-state index is 13.2. The van der Waals surface area contributed by atoms with Gasteiger partial charge in [0.25, 0.3) is 0 Å². The Balaban J connectivity index is 1.45. The zero-order valence-corrected chi connectivity index (χ0v) is 54.0. The largest absolute Gasteiger partial charge is 0.465 e. The van der Waals surface area contributed by atoms with Crippen LogP contribution in [0.25, 0.3) is 0 Å². The Bertz CT molecular complexity index is 1240. The SMILES string of the molecule is CC(C)C(CCC1CCC(C(=O)OCCCCCCCCCCCCCCCCCCCCOC(=O)C2CCC(CCC(SCCN(C)C)C(C)C)C(SCCN(C)C)C2)CC1SCCN(C)C)SCCN(C)C. The molecular weight excluding hydrogens is 993 g/mol. The number of ether oxygens (including phenoxy) is 2. The fraction of sp³-hybridized carbons (Fsp3) is 0.968. The molecule has 2 aliphatic rings. The summed E-state index contributed by atoms with van der Waals surface area (Å²) in [4.78, 5) is 35.7. The first kappa shape index (κ1) is 70.3. The molecule has 0 aromatic heterocycles. The third kappa shape index (κ3) is 35.7. The van der Waals surface area contributed by atoms with E-state index in [9.17, 15) is 9.59 Å². The summed E-state index contributed by atoms with van der Waals surface area (Å²) < 4.78 is 11.8. The third-order valence-electron chi connectivity index (χ3n) is 16.2. The van der Waals surface area contributed by atoms with Crippen molar-refractivity contribution in [1.29, 1.82) is 0 Å². The summed E-state index contributed by atoms with van der Waals surface area (Å²) >= 11 is 8.58. The van der Waals surface area contributed by atoms with Crippen molar-refractivity contribution in [3.8, 4) is 0 Å². The fourth-order valence-electron chi connectivity index (χ4n) is 11.0. The van der Waals surface area contributed by atoms with Gasteiger partial charge in [0, 0.05) is 70.2 Å². The number of hydrogen-bond donors (Lipinski definition) is 0. The molecule has 2 fully saturated rings. The van der Waals surface area contributed by atoms with Crippen molar-refractivity contribution >= 4 is 59.0 Å². The van der Waals surface area contributed by atoms with E-state index in [0.29, 0.717) is 35.5 Å². The minimum absolute atomic E-state index is 0.0808. The Morgan fingerprint density at radius 2 is 0.703 bits per heavy atom. The second-order valence-corrected chi connectivity index (χ2v) is 30.1. The number of esters is 2. The van der Waals surface area contributed by atoms with Gasteiger partial charge in [-0.2, -0.15) is 47.0 Å². The number of unbranched alkanes of at least 4 members (excludes halogenated alkanes) is 17. The second-order valence-electron chi connectivity index (χ2n) is 24.7. The van der Waals surface area contributed by atoms with E-state index in [1.807, 2.05) is 0 Å². The lowest BCUT2D eigenvalue weighted by Crippen LogP contribution is -2.33. The van der Waals surface area contributed by atoms with Crippen molar-refractivity contribution in [2.75, 3.05) is 119 Å². The highest BCUT2D eigenvalue weighted by molar-refractivity contribution is 8.00. The molecule has 0 bridgehead atoms. The zero-order chi connectivity index (χ0) is 54.4. The standard InChI is InChI=1S/C62H122N4O4S4/c1-51(2)57(71-45-39-63(5)6)37-35-53-31-33-55(49-59(53)73-47-41-65(9)10)61(67)69-43-29-27-25-23-21-19-17-15-13-14-16-18-20-22-24-26-28-30-44-70-62(68)56-34-32-54(60(50-56)74-48-42-66(11)12)36-38-58(52(3)4)72-46-40-64(7)8/h51-60H,13-50H2,1-12H3. The monoisotopic (exact) mass is 1110 g/mol. The molecule has 0 saturated heterocycles. The Labute approximate surface area is 477 Å². The molecule has 8 atom stereocenters. The van der Waals surface area contributed by atoms with Gasteiger partial charge < -0.3 is 29.1 Å². The molecular formula is C62H122N4O4S4. The molecule has 2 aliphatic carbocycles. The van der Waals surface area contributed by atoms with E-state index in [1.54, 1.807) is 0 Å². The van der Waals surface area contributed by atoms with Crippen LogP contribution in [0.3, 0.4) is 0 Å². The molecule has 0 amide bonds. The summed E-state index contributed by atoms with van der Waals surface area (Å²) in [5.41, 5.74) is 0. The molecule has 0 aromatic rings. The van der Waals surface area contributed by atoms with Crippen LogP contribution in [0, 0.1) is 35.5 Å². The Hall–Kier alpha value is 0.180. The first-order chi connectivity index (χ1) is 35.6. The molecule has 0 aromatic carbocycles. The highest BCUT2D eigenvalue weighted by atomic mass is 32.2. The summed E-state index contributed by atoms with van der Waals surface area (Å²) in [6.45, 7) is 15.3. The summed E-state index contributed by atoms with van der Waals surface area (Å²) in [6.07, 6.45) is 34.8. The van der Waals surface area contributed by atoms with Crippen LogP contribution in [-0.4, -0.2) is 171 Å². The molecule has 2 rings (SSSR count). The summed E-state index contributed by atoms with van der Waals surface area (Å²) in [6, 6.07) is 0. The molecule has 438 valence electrons. The molecule has 0 heterocycles. The third-order valence-corrected chi connectivity index (χ3v) is 22.3. The van der Waals surface area contributed by atoms with Crippen LogP contribution in [-0.2, 0) is 19.1 Å². The molecule has 8 unspecified atom stereocenters. The van der Waals surface area contributed by atoms with E-state index >= 15 is 0 Å². The van der Waals surface area contributed by atoms with Crippen molar-refractivity contribution in [2.24, 2.45) is 35.5 Å². The van der Waals surface area contributed by atoms with Gasteiger partial charge in [-0.1, -0.05) is 130 Å². The average molecular weight is 1120 g/mol. The van der Waals surface area contributed by atoms with Crippen molar-refractivity contribution in [1.82, 2.24) is 19.6 Å². The molecule has 74 heavy (non-hydrogen) atoms. The van der Waals surface area contributed by atoms with Crippen molar-refractivity contribution in [3.63, 3.8) is 0 Å². The van der Waals surface area contributed by atoms with Crippen LogP contribution in [0.2, 0.25) is 0 Å². The number of carbonyl (C=O) groups excluding carboxylic acids is 2. The van der Waals surface area contributed by atoms with Gasteiger partial charge in [0.1, 0.15) is 0 Å². The Morgan fingerprint density at radius 1 is 0.419 bits per heavy atom. The van der Waals surface area contributed by atoms with Crippen LogP contribution in [0.4, 0.5) is 0 Å². The maximum absolute atomic E-state index is 13.2. The van der Waals surface area contributed by atoms with E-state index < -0.39 is 0 Å². The molecule has 8 nitrogen and oxygen atoms in total. The summed E-state index contributed by atoms with van der Waals surface area (Å²) in [5.74, 6) is 7.88. The first-order valence-corrected chi connectivity index (χ1v) is 35.1. The topological polar surface area (TPSA) is 65.6 Å². The fourth-order valence-corrected chi connectivity index (χ4v) is 17.3. The molecule has 0 N–H and O–H groups in total. The average Bonchev–Trinajstić information content (AvgIpc) is 3.34. The number of hydrogen-bond acceptors (Lipinski definition) is 12. The van der Waals surface area contributed by atoms with Gasteiger partial charge >= 0.3 is 11.9 Å². The van der Waals surface area contributed by atoms with Gasteiger partial charge in [0.2, 0.25) is 0 Å². The minimum Gasteiger partial charge on any atom is -0.465 e. The number of nitrogens with zero attached hydrogens (tertiary/aromatic N) is 4. The predicted molar refractivity (Wildman–Crippen MR) is 334 cm³/mol. The first-order valence-electron chi connectivity index (χ1n) is 31.0. The van der Waals surface area contributed by atoms with E-state index in [4.69, 9.17) is 9.47 Å². The van der Waals surface area contributed by atoms with Gasteiger partial charge in [0.05, 0.1) is 25.0 Å². The molecule has 12 heteroatoms. The number of thioether (sulfide) groups is 4. The zero-order valence-electron chi connectivity index (χ0n) is 50.7. The van der Waals surface area contributed by atoms with Gasteiger partial charge in [-0.05, 0) is 157 Å². The van der Waals surface area contributed by atoms with Gasteiger partial charge in [-0.3, -0.25) is 9.59 Å². The molecule has 0 spiro atoms. The quantitative estimate of drug-likeness (QED) is 0.0431.